The maximum absolute atomic E-state index is 12.4. The maximum atomic E-state index is 12.4. The standard InChI is InChI=1S/C17H28N3O7PS2/c18-5-1-3-7-26-14-9-13-10-17(30(24,25)20-12-28(21,22)23)29-16(13)11-15(14)27-8-4-2-6-19/h9-11,20H,1-8,12,18-19H2,(H2,21,22,23). The first-order valence-electron chi connectivity index (χ1n) is 9.44. The van der Waals surface area contributed by atoms with E-state index in [-0.39, 0.29) is 4.21 Å². The van der Waals surface area contributed by atoms with Gasteiger partial charge in [0.15, 0.2) is 11.5 Å². The highest BCUT2D eigenvalue weighted by Crippen LogP contribution is 2.39. The normalized spacial score (nSPS) is 12.4. The Hall–Kier alpha value is -1.24. The molecule has 0 aliphatic heterocycles. The number of hydrogen-bond donors (Lipinski definition) is 5. The molecule has 1 aromatic heterocycles. The zero-order valence-corrected chi connectivity index (χ0v) is 19.0. The number of sulfonamides is 1. The fraction of sp³-hybridized carbons (Fsp3) is 0.529. The van der Waals surface area contributed by atoms with Crippen LogP contribution in [0.1, 0.15) is 25.7 Å². The van der Waals surface area contributed by atoms with Gasteiger partial charge in [0.05, 0.1) is 13.2 Å². The van der Waals surface area contributed by atoms with Crippen LogP contribution in [0.2, 0.25) is 0 Å². The molecule has 0 fully saturated rings. The fourth-order valence-corrected chi connectivity index (χ4v) is 5.94. The molecular formula is C17H28N3O7PS2. The molecule has 0 aliphatic rings. The van der Waals surface area contributed by atoms with Gasteiger partial charge < -0.3 is 30.7 Å². The summed E-state index contributed by atoms with van der Waals surface area (Å²) in [6, 6.07) is 4.85. The molecule has 0 bridgehead atoms. The van der Waals surface area contributed by atoms with Gasteiger partial charge in [0.2, 0.25) is 0 Å². The maximum Gasteiger partial charge on any atom is 0.340 e. The second-order valence-electron chi connectivity index (χ2n) is 6.56. The highest BCUT2D eigenvalue weighted by Gasteiger charge is 2.23. The Morgan fingerprint density at radius 1 is 0.967 bits per heavy atom. The van der Waals surface area contributed by atoms with Crippen molar-refractivity contribution >= 4 is 39.0 Å². The van der Waals surface area contributed by atoms with E-state index in [0.29, 0.717) is 47.9 Å². The zero-order valence-electron chi connectivity index (χ0n) is 16.5. The molecule has 0 unspecified atom stereocenters. The van der Waals surface area contributed by atoms with Crippen LogP contribution in [0.3, 0.4) is 0 Å². The van der Waals surface area contributed by atoms with Gasteiger partial charge in [-0.05, 0) is 56.3 Å². The van der Waals surface area contributed by atoms with Crippen molar-refractivity contribution in [3.63, 3.8) is 0 Å². The third-order valence-electron chi connectivity index (χ3n) is 4.00. The van der Waals surface area contributed by atoms with Gasteiger partial charge in [-0.15, -0.1) is 11.3 Å². The van der Waals surface area contributed by atoms with E-state index < -0.39 is 23.9 Å². The average molecular weight is 482 g/mol. The number of unbranched alkanes of at least 4 members (excludes halogenated alkanes) is 2. The lowest BCUT2D eigenvalue weighted by molar-refractivity contribution is 0.261. The van der Waals surface area contributed by atoms with Crippen molar-refractivity contribution in [1.82, 2.24) is 4.72 Å². The summed E-state index contributed by atoms with van der Waals surface area (Å²) in [5.41, 5.74) is 11.0. The number of fused-ring (bicyclic) bond motifs is 1. The van der Waals surface area contributed by atoms with E-state index >= 15 is 0 Å². The van der Waals surface area contributed by atoms with Crippen molar-refractivity contribution in [3.05, 3.63) is 18.2 Å². The number of hydrogen-bond acceptors (Lipinski definition) is 8. The molecule has 2 aromatic rings. The highest BCUT2D eigenvalue weighted by molar-refractivity contribution is 7.92. The molecule has 10 nitrogen and oxygen atoms in total. The summed E-state index contributed by atoms with van der Waals surface area (Å²) in [5, 5.41) is 0.625. The topological polar surface area (TPSA) is 174 Å². The van der Waals surface area contributed by atoms with E-state index in [1.54, 1.807) is 12.1 Å². The lowest BCUT2D eigenvalue weighted by Crippen LogP contribution is -2.23. The van der Waals surface area contributed by atoms with Gasteiger partial charge in [-0.1, -0.05) is 0 Å². The second kappa shape index (κ2) is 11.4. The summed E-state index contributed by atoms with van der Waals surface area (Å²) in [7, 11) is -8.58. The Balaban J connectivity index is 2.27. The first-order chi connectivity index (χ1) is 14.2. The van der Waals surface area contributed by atoms with Gasteiger partial charge >= 0.3 is 7.60 Å². The van der Waals surface area contributed by atoms with Crippen LogP contribution in [0.15, 0.2) is 22.4 Å². The monoisotopic (exact) mass is 481 g/mol. The van der Waals surface area contributed by atoms with E-state index in [2.05, 4.69) is 0 Å². The van der Waals surface area contributed by atoms with E-state index in [9.17, 15) is 13.0 Å². The molecule has 0 amide bonds. The molecule has 2 rings (SSSR count). The smallest absolute Gasteiger partial charge is 0.340 e. The summed E-state index contributed by atoms with van der Waals surface area (Å²) in [4.78, 5) is 17.8. The van der Waals surface area contributed by atoms with Crippen molar-refractivity contribution in [2.45, 2.75) is 29.9 Å². The number of rotatable bonds is 14. The first-order valence-corrected chi connectivity index (χ1v) is 13.5. The van der Waals surface area contributed by atoms with Gasteiger partial charge in [0.1, 0.15) is 10.5 Å². The summed E-state index contributed by atoms with van der Waals surface area (Å²) >= 11 is 0.978. The molecule has 1 heterocycles. The molecule has 0 saturated heterocycles. The Morgan fingerprint density at radius 3 is 2.07 bits per heavy atom. The van der Waals surface area contributed by atoms with Gasteiger partial charge in [-0.25, -0.2) is 8.42 Å². The summed E-state index contributed by atoms with van der Waals surface area (Å²) in [6.45, 7) is 2.03. The Morgan fingerprint density at radius 2 is 1.53 bits per heavy atom. The van der Waals surface area contributed by atoms with Crippen molar-refractivity contribution in [1.29, 1.82) is 0 Å². The molecule has 0 aliphatic carbocycles. The molecule has 170 valence electrons. The largest absolute Gasteiger partial charge is 0.490 e. The van der Waals surface area contributed by atoms with Crippen LogP contribution in [0.5, 0.6) is 11.5 Å². The zero-order chi connectivity index (χ0) is 22.2. The van der Waals surface area contributed by atoms with E-state index in [4.69, 9.17) is 30.7 Å². The predicted molar refractivity (Wildman–Crippen MR) is 117 cm³/mol. The Kier molecular flexibility index (Phi) is 9.51. The minimum absolute atomic E-state index is 0.0553. The Bertz CT molecular complexity index is 926. The first kappa shape index (κ1) is 25.0. The number of ether oxygens (including phenoxy) is 2. The van der Waals surface area contributed by atoms with Crippen molar-refractivity contribution in [2.75, 3.05) is 32.6 Å². The molecule has 0 saturated carbocycles. The lowest BCUT2D eigenvalue weighted by atomic mass is 10.2. The fourth-order valence-electron chi connectivity index (χ4n) is 2.48. The molecule has 30 heavy (non-hydrogen) atoms. The van der Waals surface area contributed by atoms with Crippen LogP contribution in [0.4, 0.5) is 0 Å². The summed E-state index contributed by atoms with van der Waals surface area (Å²) in [5.74, 6) is 0.999. The third kappa shape index (κ3) is 7.78. The van der Waals surface area contributed by atoms with Gasteiger partial charge in [-0.3, -0.25) is 4.57 Å². The van der Waals surface area contributed by atoms with Crippen molar-refractivity contribution in [2.24, 2.45) is 11.5 Å². The molecule has 0 radical (unpaired) electrons. The van der Waals surface area contributed by atoms with E-state index in [0.717, 1.165) is 37.0 Å². The molecule has 7 N–H and O–H groups in total. The van der Waals surface area contributed by atoms with Crippen LogP contribution < -0.4 is 25.7 Å². The number of nitrogens with one attached hydrogen (secondary N) is 1. The molecule has 0 spiro atoms. The van der Waals surface area contributed by atoms with Gasteiger partial charge in [0, 0.05) is 10.8 Å². The SMILES string of the molecule is NCCCCOc1cc2cc(S(=O)(=O)NCP(=O)(O)O)sc2cc1OCCCCN. The molecule has 13 heteroatoms. The van der Waals surface area contributed by atoms with Crippen molar-refractivity contribution in [3.8, 4) is 11.5 Å². The molecule has 0 atom stereocenters. The van der Waals surface area contributed by atoms with E-state index in [1.165, 1.54) is 6.07 Å². The quantitative estimate of drug-likeness (QED) is 0.198. The van der Waals surface area contributed by atoms with Gasteiger partial charge in [-0.2, -0.15) is 4.72 Å². The molecular weight excluding hydrogens is 453 g/mol. The minimum Gasteiger partial charge on any atom is -0.490 e. The second-order valence-corrected chi connectivity index (χ2v) is 11.3. The predicted octanol–water partition coefficient (Wildman–Crippen LogP) is 1.55. The number of benzene rings is 1. The third-order valence-corrected chi connectivity index (χ3v) is 7.75. The van der Waals surface area contributed by atoms with Crippen LogP contribution in [-0.2, 0) is 14.6 Å². The van der Waals surface area contributed by atoms with Crippen LogP contribution in [0, 0.1) is 0 Å². The van der Waals surface area contributed by atoms with E-state index in [1.807, 2.05) is 4.72 Å². The Labute approximate surface area is 179 Å². The van der Waals surface area contributed by atoms with Gasteiger partial charge in [0.25, 0.3) is 10.0 Å². The number of thiophene rings is 1. The lowest BCUT2D eigenvalue weighted by Gasteiger charge is -2.13. The van der Waals surface area contributed by atoms with Crippen molar-refractivity contribution < 1.29 is 32.2 Å². The summed E-state index contributed by atoms with van der Waals surface area (Å²) in [6.07, 6.45) is 2.23. The van der Waals surface area contributed by atoms with Crippen LogP contribution in [-0.4, -0.2) is 50.8 Å². The van der Waals surface area contributed by atoms with Crippen LogP contribution >= 0.6 is 18.9 Å². The summed E-state index contributed by atoms with van der Waals surface area (Å²) < 4.78 is 49.9. The number of nitrogens with two attached hydrogens (primary N) is 2. The minimum atomic E-state index is -4.51. The highest BCUT2D eigenvalue weighted by atomic mass is 32.2. The molecule has 1 aromatic carbocycles. The average Bonchev–Trinajstić information content (AvgIpc) is 3.10. The van der Waals surface area contributed by atoms with Crippen LogP contribution in [0.25, 0.3) is 10.1 Å².